The van der Waals surface area contributed by atoms with E-state index in [9.17, 15) is 4.79 Å². The lowest BCUT2D eigenvalue weighted by Gasteiger charge is -2.07. The van der Waals surface area contributed by atoms with Crippen molar-refractivity contribution in [3.8, 4) is 5.75 Å². The van der Waals surface area contributed by atoms with Crippen LogP contribution < -0.4 is 15.8 Å². The fraction of sp³-hybridized carbons (Fsp3) is 0.364. The van der Waals surface area contributed by atoms with Crippen LogP contribution in [0.2, 0.25) is 0 Å². The van der Waals surface area contributed by atoms with Gasteiger partial charge in [0.15, 0.2) is 0 Å². The van der Waals surface area contributed by atoms with Crippen LogP contribution in [0.25, 0.3) is 0 Å². The summed E-state index contributed by atoms with van der Waals surface area (Å²) in [6, 6.07) is 7.22. The minimum atomic E-state index is 0.0312. The van der Waals surface area contributed by atoms with E-state index in [0.29, 0.717) is 24.6 Å². The Balaban J connectivity index is 2.18. The Kier molecular flexibility index (Phi) is 5.56. The van der Waals surface area contributed by atoms with Gasteiger partial charge in [0, 0.05) is 11.8 Å². The molecule has 0 radical (unpaired) electrons. The lowest BCUT2D eigenvalue weighted by atomic mass is 10.3. The summed E-state index contributed by atoms with van der Waals surface area (Å²) in [6.07, 6.45) is 1.89. The average molecular weight is 240 g/mol. The Bertz CT molecular complexity index is 345. The van der Waals surface area contributed by atoms with Crippen LogP contribution >= 0.6 is 11.8 Å². The largest absolute Gasteiger partial charge is 0.492 e. The molecule has 0 aliphatic heterocycles. The second-order valence-corrected chi connectivity index (χ2v) is 4.07. The van der Waals surface area contributed by atoms with Crippen LogP contribution in [0, 0.1) is 0 Å². The topological polar surface area (TPSA) is 64.3 Å². The fourth-order valence-electron chi connectivity index (χ4n) is 1.15. The number of rotatable bonds is 6. The molecule has 4 nitrogen and oxygen atoms in total. The van der Waals surface area contributed by atoms with Gasteiger partial charge < -0.3 is 15.8 Å². The third kappa shape index (κ3) is 4.93. The van der Waals surface area contributed by atoms with Gasteiger partial charge >= 0.3 is 0 Å². The number of hydrogen-bond donors (Lipinski definition) is 2. The van der Waals surface area contributed by atoms with Gasteiger partial charge in [-0.15, -0.1) is 0 Å². The predicted molar refractivity (Wildman–Crippen MR) is 67.7 cm³/mol. The molecule has 0 aromatic heterocycles. The smallest absolute Gasteiger partial charge is 0.230 e. The SMILES string of the molecule is CSCC(=O)NCCOc1cccc(N)c1. The monoisotopic (exact) mass is 240 g/mol. The van der Waals surface area contributed by atoms with Crippen molar-refractivity contribution in [2.45, 2.75) is 0 Å². The van der Waals surface area contributed by atoms with Crippen molar-refractivity contribution >= 4 is 23.4 Å². The highest BCUT2D eigenvalue weighted by Gasteiger charge is 1.98. The van der Waals surface area contributed by atoms with E-state index in [1.54, 1.807) is 12.1 Å². The molecule has 0 fully saturated rings. The number of benzene rings is 1. The summed E-state index contributed by atoms with van der Waals surface area (Å²) in [5, 5.41) is 2.75. The van der Waals surface area contributed by atoms with Crippen LogP contribution in [0.1, 0.15) is 0 Å². The van der Waals surface area contributed by atoms with Gasteiger partial charge in [-0.1, -0.05) is 6.07 Å². The number of ether oxygens (including phenoxy) is 1. The predicted octanol–water partition coefficient (Wildman–Crippen LogP) is 1.13. The molecule has 0 bridgehead atoms. The average Bonchev–Trinajstić information content (AvgIpc) is 2.25. The summed E-state index contributed by atoms with van der Waals surface area (Å²) in [5.74, 6) is 1.24. The zero-order chi connectivity index (χ0) is 11.8. The highest BCUT2D eigenvalue weighted by molar-refractivity contribution is 7.99. The minimum absolute atomic E-state index is 0.0312. The van der Waals surface area contributed by atoms with Gasteiger partial charge in [0.05, 0.1) is 12.3 Å². The Labute approximate surface area is 99.5 Å². The summed E-state index contributed by atoms with van der Waals surface area (Å²) < 4.78 is 5.41. The highest BCUT2D eigenvalue weighted by atomic mass is 32.2. The number of nitrogen functional groups attached to an aromatic ring is 1. The molecule has 3 N–H and O–H groups in total. The maximum Gasteiger partial charge on any atom is 0.230 e. The van der Waals surface area contributed by atoms with E-state index >= 15 is 0 Å². The van der Waals surface area contributed by atoms with Crippen molar-refractivity contribution in [1.82, 2.24) is 5.32 Å². The molecule has 0 aliphatic carbocycles. The van der Waals surface area contributed by atoms with Gasteiger partial charge in [-0.05, 0) is 18.4 Å². The van der Waals surface area contributed by atoms with E-state index in [1.807, 2.05) is 18.4 Å². The molecule has 0 aliphatic rings. The Morgan fingerprint density at radius 2 is 2.38 bits per heavy atom. The molecule has 1 aromatic rings. The second-order valence-electron chi connectivity index (χ2n) is 3.20. The van der Waals surface area contributed by atoms with Crippen molar-refractivity contribution in [2.24, 2.45) is 0 Å². The summed E-state index contributed by atoms with van der Waals surface area (Å²) >= 11 is 1.50. The van der Waals surface area contributed by atoms with Gasteiger partial charge in [-0.2, -0.15) is 11.8 Å². The molecular weight excluding hydrogens is 224 g/mol. The van der Waals surface area contributed by atoms with Crippen LogP contribution in [-0.2, 0) is 4.79 Å². The van der Waals surface area contributed by atoms with Crippen LogP contribution in [0.4, 0.5) is 5.69 Å². The molecule has 1 amide bonds. The maximum absolute atomic E-state index is 11.1. The standard InChI is InChI=1S/C11H16N2O2S/c1-16-8-11(14)13-5-6-15-10-4-2-3-9(12)7-10/h2-4,7H,5-6,8,12H2,1H3,(H,13,14). The second kappa shape index (κ2) is 7.00. The summed E-state index contributed by atoms with van der Waals surface area (Å²) in [5.41, 5.74) is 6.27. The number of carbonyl (C=O) groups is 1. The Morgan fingerprint density at radius 1 is 1.56 bits per heavy atom. The zero-order valence-electron chi connectivity index (χ0n) is 9.23. The van der Waals surface area contributed by atoms with Crippen molar-refractivity contribution < 1.29 is 9.53 Å². The summed E-state index contributed by atoms with van der Waals surface area (Å²) in [4.78, 5) is 11.1. The van der Waals surface area contributed by atoms with Crippen molar-refractivity contribution in [2.75, 3.05) is 30.9 Å². The molecule has 0 atom stereocenters. The van der Waals surface area contributed by atoms with Crippen molar-refractivity contribution in [3.05, 3.63) is 24.3 Å². The number of amides is 1. The number of thioether (sulfide) groups is 1. The van der Waals surface area contributed by atoms with E-state index in [4.69, 9.17) is 10.5 Å². The number of nitrogens with one attached hydrogen (secondary N) is 1. The molecule has 0 unspecified atom stereocenters. The quantitative estimate of drug-likeness (QED) is 0.578. The molecule has 16 heavy (non-hydrogen) atoms. The van der Waals surface area contributed by atoms with Gasteiger partial charge in [-0.25, -0.2) is 0 Å². The van der Waals surface area contributed by atoms with E-state index in [1.165, 1.54) is 11.8 Å². The van der Waals surface area contributed by atoms with Gasteiger partial charge in [0.2, 0.25) is 5.91 Å². The number of nitrogens with two attached hydrogens (primary N) is 1. The molecule has 0 saturated heterocycles. The first-order chi connectivity index (χ1) is 7.72. The lowest BCUT2D eigenvalue weighted by molar-refractivity contribution is -0.118. The summed E-state index contributed by atoms with van der Waals surface area (Å²) in [7, 11) is 0. The summed E-state index contributed by atoms with van der Waals surface area (Å²) in [6.45, 7) is 0.956. The molecular formula is C11H16N2O2S. The maximum atomic E-state index is 11.1. The lowest BCUT2D eigenvalue weighted by Crippen LogP contribution is -2.29. The molecule has 0 heterocycles. The first-order valence-corrected chi connectivity index (χ1v) is 6.35. The van der Waals surface area contributed by atoms with Crippen LogP contribution in [-0.4, -0.2) is 31.1 Å². The van der Waals surface area contributed by atoms with Gasteiger partial charge in [0.1, 0.15) is 12.4 Å². The van der Waals surface area contributed by atoms with Crippen LogP contribution in [0.5, 0.6) is 5.75 Å². The Hall–Kier alpha value is -1.36. The van der Waals surface area contributed by atoms with E-state index in [0.717, 1.165) is 5.75 Å². The first-order valence-electron chi connectivity index (χ1n) is 4.96. The molecule has 88 valence electrons. The number of anilines is 1. The van der Waals surface area contributed by atoms with E-state index in [-0.39, 0.29) is 5.91 Å². The number of hydrogen-bond acceptors (Lipinski definition) is 4. The van der Waals surface area contributed by atoms with E-state index < -0.39 is 0 Å². The normalized spacial score (nSPS) is 9.81. The third-order valence-corrected chi connectivity index (χ3v) is 2.38. The van der Waals surface area contributed by atoms with Crippen molar-refractivity contribution in [3.63, 3.8) is 0 Å². The number of carbonyl (C=O) groups excluding carboxylic acids is 1. The van der Waals surface area contributed by atoms with Gasteiger partial charge in [-0.3, -0.25) is 4.79 Å². The van der Waals surface area contributed by atoms with Crippen LogP contribution in [0.3, 0.4) is 0 Å². The molecule has 0 spiro atoms. The van der Waals surface area contributed by atoms with Gasteiger partial charge in [0.25, 0.3) is 0 Å². The minimum Gasteiger partial charge on any atom is -0.492 e. The molecule has 0 saturated carbocycles. The first kappa shape index (κ1) is 12.7. The highest BCUT2D eigenvalue weighted by Crippen LogP contribution is 2.13. The molecule has 5 heteroatoms. The third-order valence-electron chi connectivity index (χ3n) is 1.83. The Morgan fingerprint density at radius 3 is 3.06 bits per heavy atom. The molecule has 1 rings (SSSR count). The molecule has 1 aromatic carbocycles. The van der Waals surface area contributed by atoms with Crippen molar-refractivity contribution in [1.29, 1.82) is 0 Å². The van der Waals surface area contributed by atoms with E-state index in [2.05, 4.69) is 5.32 Å². The van der Waals surface area contributed by atoms with Crippen LogP contribution in [0.15, 0.2) is 24.3 Å². The zero-order valence-corrected chi connectivity index (χ0v) is 10.0. The fourth-order valence-corrected chi connectivity index (χ4v) is 1.51.